The second kappa shape index (κ2) is 6.35. The smallest absolute Gasteiger partial charge is 0.129 e. The molecular weight excluding hydrogens is 172 g/mol. The first-order valence-electron chi connectivity index (χ1n) is 4.40. The van der Waals surface area contributed by atoms with Crippen molar-refractivity contribution in [3.05, 3.63) is 0 Å². The van der Waals surface area contributed by atoms with Crippen LogP contribution >= 0.6 is 0 Å². The predicted octanol–water partition coefficient (Wildman–Crippen LogP) is 1.90. The third kappa shape index (κ3) is 6.53. The molecule has 3 heteroatoms. The fourth-order valence-electron chi connectivity index (χ4n) is 0.854. The quantitative estimate of drug-likeness (QED) is 0.599. The van der Waals surface area contributed by atoms with Gasteiger partial charge in [0.15, 0.2) is 0 Å². The second-order valence-corrected chi connectivity index (χ2v) is 5.41. The van der Waals surface area contributed by atoms with Gasteiger partial charge in [-0.1, -0.05) is 13.8 Å². The molecule has 0 aliphatic carbocycles. The van der Waals surface area contributed by atoms with E-state index in [2.05, 4.69) is 0 Å². The van der Waals surface area contributed by atoms with E-state index >= 15 is 0 Å². The highest BCUT2D eigenvalue weighted by Gasteiger charge is 2.04. The molecule has 0 spiro atoms. The van der Waals surface area contributed by atoms with Crippen molar-refractivity contribution in [1.82, 2.24) is 0 Å². The van der Waals surface area contributed by atoms with Crippen LogP contribution in [-0.4, -0.2) is 21.0 Å². The summed E-state index contributed by atoms with van der Waals surface area (Å²) in [6.45, 7) is 5.52. The molecule has 12 heavy (non-hydrogen) atoms. The van der Waals surface area contributed by atoms with Gasteiger partial charge in [-0.2, -0.15) is 0 Å². The maximum atomic E-state index is 11.2. The standard InChI is InChI=1S/C9H18O2S/c1-8(2)12(11)7-5-4-6-9(3)10/h8H,4-7H2,1-3H3. The first-order chi connectivity index (χ1) is 5.54. The summed E-state index contributed by atoms with van der Waals surface area (Å²) in [4.78, 5) is 10.5. The Morgan fingerprint density at radius 1 is 1.33 bits per heavy atom. The van der Waals surface area contributed by atoms with Crippen LogP contribution in [-0.2, 0) is 15.6 Å². The van der Waals surface area contributed by atoms with E-state index < -0.39 is 10.8 Å². The predicted molar refractivity (Wildman–Crippen MR) is 52.7 cm³/mol. The van der Waals surface area contributed by atoms with Crippen molar-refractivity contribution in [2.75, 3.05) is 5.75 Å². The largest absolute Gasteiger partial charge is 0.300 e. The van der Waals surface area contributed by atoms with Crippen molar-refractivity contribution in [2.24, 2.45) is 0 Å². The number of Topliss-reactive ketones (excluding diaryl/α,β-unsaturated/α-hetero) is 1. The number of rotatable bonds is 6. The lowest BCUT2D eigenvalue weighted by molar-refractivity contribution is -0.117. The van der Waals surface area contributed by atoms with Crippen molar-refractivity contribution in [3.63, 3.8) is 0 Å². The van der Waals surface area contributed by atoms with Gasteiger partial charge in [0, 0.05) is 28.2 Å². The van der Waals surface area contributed by atoms with Crippen LogP contribution in [0.4, 0.5) is 0 Å². The van der Waals surface area contributed by atoms with Gasteiger partial charge >= 0.3 is 0 Å². The lowest BCUT2D eigenvalue weighted by atomic mass is 10.2. The maximum Gasteiger partial charge on any atom is 0.129 e. The van der Waals surface area contributed by atoms with Crippen molar-refractivity contribution >= 4 is 16.6 Å². The van der Waals surface area contributed by atoms with E-state index in [0.29, 0.717) is 6.42 Å². The van der Waals surface area contributed by atoms with Crippen LogP contribution in [0.1, 0.15) is 40.0 Å². The van der Waals surface area contributed by atoms with E-state index in [1.54, 1.807) is 6.92 Å². The molecule has 0 amide bonds. The molecule has 0 radical (unpaired) electrons. The van der Waals surface area contributed by atoms with Crippen LogP contribution in [0, 0.1) is 0 Å². The fourth-order valence-corrected chi connectivity index (χ4v) is 1.81. The van der Waals surface area contributed by atoms with E-state index in [0.717, 1.165) is 18.6 Å². The molecule has 0 heterocycles. The van der Waals surface area contributed by atoms with Gasteiger partial charge in [0.05, 0.1) is 0 Å². The van der Waals surface area contributed by atoms with Gasteiger partial charge in [-0.3, -0.25) is 4.21 Å². The summed E-state index contributed by atoms with van der Waals surface area (Å²) in [5.41, 5.74) is 0. The van der Waals surface area contributed by atoms with E-state index in [-0.39, 0.29) is 11.0 Å². The lowest BCUT2D eigenvalue weighted by Gasteiger charge is -2.03. The zero-order valence-corrected chi connectivity index (χ0v) is 8.95. The summed E-state index contributed by atoms with van der Waals surface area (Å²) < 4.78 is 11.2. The lowest BCUT2D eigenvalue weighted by Crippen LogP contribution is -2.09. The molecule has 72 valence electrons. The summed E-state index contributed by atoms with van der Waals surface area (Å²) in [7, 11) is -0.698. The number of carbonyl (C=O) groups excluding carboxylic acids is 1. The Bertz CT molecular complexity index is 164. The summed E-state index contributed by atoms with van der Waals surface area (Å²) in [5, 5.41) is 0.252. The van der Waals surface area contributed by atoms with Crippen LogP contribution in [0.5, 0.6) is 0 Å². The Balaban J connectivity index is 3.32. The van der Waals surface area contributed by atoms with Gasteiger partial charge in [-0.05, 0) is 19.8 Å². The molecule has 0 aromatic heterocycles. The molecule has 0 N–H and O–H groups in total. The second-order valence-electron chi connectivity index (χ2n) is 3.29. The Labute approximate surface area is 77.2 Å². The van der Waals surface area contributed by atoms with Gasteiger partial charge in [0.2, 0.25) is 0 Å². The van der Waals surface area contributed by atoms with Crippen molar-refractivity contribution < 1.29 is 9.00 Å². The molecule has 0 saturated heterocycles. The van der Waals surface area contributed by atoms with Gasteiger partial charge in [0.25, 0.3) is 0 Å². The van der Waals surface area contributed by atoms with Crippen molar-refractivity contribution in [2.45, 2.75) is 45.3 Å². The molecule has 0 aromatic rings. The van der Waals surface area contributed by atoms with Crippen molar-refractivity contribution in [3.8, 4) is 0 Å². The maximum absolute atomic E-state index is 11.2. The molecule has 0 fully saturated rings. The highest BCUT2D eigenvalue weighted by molar-refractivity contribution is 7.85. The van der Waals surface area contributed by atoms with Gasteiger partial charge in [-0.25, -0.2) is 0 Å². The van der Waals surface area contributed by atoms with Gasteiger partial charge in [0.1, 0.15) is 5.78 Å². The Kier molecular flexibility index (Phi) is 6.25. The molecule has 1 atom stereocenters. The van der Waals surface area contributed by atoms with Crippen LogP contribution in [0.15, 0.2) is 0 Å². The molecule has 0 aliphatic rings. The average Bonchev–Trinajstić information content (AvgIpc) is 1.97. The van der Waals surface area contributed by atoms with E-state index in [1.807, 2.05) is 13.8 Å². The van der Waals surface area contributed by atoms with E-state index in [9.17, 15) is 9.00 Å². The van der Waals surface area contributed by atoms with Crippen LogP contribution in [0.2, 0.25) is 0 Å². The number of hydrogen-bond donors (Lipinski definition) is 0. The first-order valence-corrected chi connectivity index (χ1v) is 5.79. The third-order valence-electron chi connectivity index (χ3n) is 1.65. The summed E-state index contributed by atoms with van der Waals surface area (Å²) >= 11 is 0. The average molecular weight is 190 g/mol. The summed E-state index contributed by atoms with van der Waals surface area (Å²) in [6, 6.07) is 0. The van der Waals surface area contributed by atoms with Gasteiger partial charge < -0.3 is 4.79 Å². The first kappa shape index (κ1) is 11.8. The molecule has 0 rings (SSSR count). The number of carbonyl (C=O) groups is 1. The number of hydrogen-bond acceptors (Lipinski definition) is 2. The van der Waals surface area contributed by atoms with Crippen LogP contribution in [0.3, 0.4) is 0 Å². The van der Waals surface area contributed by atoms with E-state index in [1.165, 1.54) is 0 Å². The molecule has 0 aromatic carbocycles. The minimum Gasteiger partial charge on any atom is -0.300 e. The molecule has 0 saturated carbocycles. The zero-order chi connectivity index (χ0) is 9.56. The Morgan fingerprint density at radius 3 is 2.33 bits per heavy atom. The van der Waals surface area contributed by atoms with Gasteiger partial charge in [-0.15, -0.1) is 0 Å². The number of unbranched alkanes of at least 4 members (excludes halogenated alkanes) is 1. The monoisotopic (exact) mass is 190 g/mol. The highest BCUT2D eigenvalue weighted by Crippen LogP contribution is 2.01. The molecule has 2 nitrogen and oxygen atoms in total. The van der Waals surface area contributed by atoms with Crippen molar-refractivity contribution in [1.29, 1.82) is 0 Å². The minimum atomic E-state index is -0.698. The SMILES string of the molecule is CC(=O)CCCCS(=O)C(C)C. The Morgan fingerprint density at radius 2 is 1.92 bits per heavy atom. The fraction of sp³-hybridized carbons (Fsp3) is 0.889. The summed E-state index contributed by atoms with van der Waals surface area (Å²) in [5.74, 6) is 0.968. The molecule has 0 aliphatic heterocycles. The molecule has 0 bridgehead atoms. The van der Waals surface area contributed by atoms with E-state index in [4.69, 9.17) is 0 Å². The van der Waals surface area contributed by atoms with Crippen LogP contribution in [0.25, 0.3) is 0 Å². The summed E-state index contributed by atoms with van der Waals surface area (Å²) in [6.07, 6.45) is 2.42. The third-order valence-corrected chi connectivity index (χ3v) is 3.39. The normalized spacial score (nSPS) is 13.3. The highest BCUT2D eigenvalue weighted by atomic mass is 32.2. The zero-order valence-electron chi connectivity index (χ0n) is 8.13. The number of ketones is 1. The topological polar surface area (TPSA) is 34.1 Å². The van der Waals surface area contributed by atoms with Crippen LogP contribution < -0.4 is 0 Å². The Hall–Kier alpha value is -0.180. The molecular formula is C9H18O2S. The molecule has 1 unspecified atom stereocenters. The minimum absolute atomic E-state index is 0.227.